The monoisotopic (exact) mass is 233 g/mol. The van der Waals surface area contributed by atoms with Crippen LogP contribution in [0.3, 0.4) is 0 Å². The minimum absolute atomic E-state index is 0.319. The van der Waals surface area contributed by atoms with Crippen LogP contribution in [0, 0.1) is 16.7 Å². The van der Waals surface area contributed by atoms with Crippen molar-refractivity contribution in [3.8, 4) is 11.8 Å². The molecule has 0 fully saturated rings. The first-order valence-electron chi connectivity index (χ1n) is 5.61. The Balaban J connectivity index is 2.98. The van der Waals surface area contributed by atoms with E-state index in [1.54, 1.807) is 19.2 Å². The van der Waals surface area contributed by atoms with Crippen LogP contribution in [0.25, 0.3) is 0 Å². The summed E-state index contributed by atoms with van der Waals surface area (Å²) < 4.78 is 5.06. The van der Waals surface area contributed by atoms with Gasteiger partial charge in [0.25, 0.3) is 0 Å². The summed E-state index contributed by atoms with van der Waals surface area (Å²) in [6, 6.07) is 9.41. The zero-order chi connectivity index (χ0) is 13.1. The van der Waals surface area contributed by atoms with Gasteiger partial charge in [-0.05, 0) is 23.1 Å². The predicted molar refractivity (Wildman–Crippen MR) is 66.8 cm³/mol. The number of benzene rings is 1. The maximum atomic E-state index is 10.2. The molecule has 0 radical (unpaired) electrons. The van der Waals surface area contributed by atoms with Crippen molar-refractivity contribution in [1.82, 2.24) is 0 Å². The number of hydrogen-bond donors (Lipinski definition) is 1. The molecule has 3 nitrogen and oxygen atoms in total. The van der Waals surface area contributed by atoms with Crippen LogP contribution in [-0.2, 0) is 0 Å². The summed E-state index contributed by atoms with van der Waals surface area (Å²) >= 11 is 0. The van der Waals surface area contributed by atoms with E-state index in [9.17, 15) is 10.4 Å². The molecule has 17 heavy (non-hydrogen) atoms. The second-order valence-electron chi connectivity index (χ2n) is 5.19. The Hall–Kier alpha value is -1.53. The van der Waals surface area contributed by atoms with E-state index in [0.717, 1.165) is 11.3 Å². The quantitative estimate of drug-likeness (QED) is 0.873. The van der Waals surface area contributed by atoms with Crippen LogP contribution in [0.2, 0.25) is 0 Å². The van der Waals surface area contributed by atoms with Gasteiger partial charge in [-0.1, -0.05) is 32.9 Å². The van der Waals surface area contributed by atoms with E-state index in [1.165, 1.54) is 0 Å². The van der Waals surface area contributed by atoms with Crippen molar-refractivity contribution in [3.63, 3.8) is 0 Å². The van der Waals surface area contributed by atoms with Gasteiger partial charge in [-0.15, -0.1) is 0 Å². The maximum Gasteiger partial charge on any atom is 0.118 e. The van der Waals surface area contributed by atoms with Gasteiger partial charge < -0.3 is 9.84 Å². The van der Waals surface area contributed by atoms with E-state index in [1.807, 2.05) is 32.9 Å². The van der Waals surface area contributed by atoms with Crippen molar-refractivity contribution in [2.75, 3.05) is 7.11 Å². The van der Waals surface area contributed by atoms with Crippen molar-refractivity contribution in [2.24, 2.45) is 5.41 Å². The van der Waals surface area contributed by atoms with Crippen molar-refractivity contribution in [2.45, 2.75) is 32.8 Å². The predicted octanol–water partition coefficient (Wildman–Crippen LogP) is 2.71. The van der Waals surface area contributed by atoms with E-state index < -0.39 is 12.0 Å². The number of rotatable bonds is 3. The highest BCUT2D eigenvalue weighted by atomic mass is 16.5. The molecule has 1 aromatic rings. The molecule has 0 amide bonds. The average Bonchev–Trinajstić information content (AvgIpc) is 2.29. The van der Waals surface area contributed by atoms with Crippen LogP contribution in [0.1, 0.15) is 32.3 Å². The number of nitriles is 1. The molecule has 0 saturated carbocycles. The van der Waals surface area contributed by atoms with Crippen LogP contribution < -0.4 is 4.74 Å². The minimum Gasteiger partial charge on any atom is -0.497 e. The highest BCUT2D eigenvalue weighted by Gasteiger charge is 2.31. The van der Waals surface area contributed by atoms with E-state index in [0.29, 0.717) is 0 Å². The first-order valence-corrected chi connectivity index (χ1v) is 5.61. The van der Waals surface area contributed by atoms with Crippen molar-refractivity contribution in [3.05, 3.63) is 29.8 Å². The fourth-order valence-corrected chi connectivity index (χ4v) is 1.64. The van der Waals surface area contributed by atoms with Crippen LogP contribution in [0.4, 0.5) is 0 Å². The number of aliphatic hydroxyl groups is 1. The van der Waals surface area contributed by atoms with Gasteiger partial charge in [-0.25, -0.2) is 0 Å². The second-order valence-corrected chi connectivity index (χ2v) is 5.19. The number of aliphatic hydroxyl groups excluding tert-OH is 1. The molecular weight excluding hydrogens is 214 g/mol. The average molecular weight is 233 g/mol. The summed E-state index contributed by atoms with van der Waals surface area (Å²) in [4.78, 5) is 0. The lowest BCUT2D eigenvalue weighted by atomic mass is 9.79. The zero-order valence-corrected chi connectivity index (χ0v) is 10.8. The Kier molecular flexibility index (Phi) is 4.14. The summed E-state index contributed by atoms with van der Waals surface area (Å²) in [5.74, 6) is 0.233. The van der Waals surface area contributed by atoms with Gasteiger partial charge in [0.1, 0.15) is 5.75 Å². The molecule has 0 heterocycles. The molecule has 0 aliphatic heterocycles. The van der Waals surface area contributed by atoms with E-state index >= 15 is 0 Å². The standard InChI is InChI=1S/C14H19NO2/c1-14(2,3)13(16)12(9-15)10-5-7-11(17-4)8-6-10/h5-8,12-13,16H,1-4H3. The number of hydrogen-bond acceptors (Lipinski definition) is 3. The van der Waals surface area contributed by atoms with Gasteiger partial charge in [0.05, 0.1) is 25.2 Å². The molecule has 0 aliphatic rings. The summed E-state index contributed by atoms with van der Waals surface area (Å²) in [6.07, 6.45) is -0.694. The smallest absolute Gasteiger partial charge is 0.118 e. The molecule has 1 N–H and O–H groups in total. The van der Waals surface area contributed by atoms with E-state index in [4.69, 9.17) is 4.74 Å². The molecule has 0 aromatic heterocycles. The molecule has 1 aromatic carbocycles. The molecule has 92 valence electrons. The molecule has 2 atom stereocenters. The summed E-state index contributed by atoms with van der Waals surface area (Å²) in [5.41, 5.74) is 0.496. The SMILES string of the molecule is COc1ccc(C(C#N)C(O)C(C)(C)C)cc1. The number of methoxy groups -OCH3 is 1. The van der Waals surface area contributed by atoms with Crippen molar-refractivity contribution < 1.29 is 9.84 Å². The van der Waals surface area contributed by atoms with Crippen LogP contribution in [0.5, 0.6) is 5.75 Å². The molecule has 0 saturated heterocycles. The highest BCUT2D eigenvalue weighted by Crippen LogP contribution is 2.31. The van der Waals surface area contributed by atoms with E-state index in [2.05, 4.69) is 6.07 Å². The largest absolute Gasteiger partial charge is 0.497 e. The Labute approximate surface area is 103 Å². The third kappa shape index (κ3) is 3.21. The van der Waals surface area contributed by atoms with Crippen LogP contribution in [-0.4, -0.2) is 18.3 Å². The molecule has 1 rings (SSSR count). The lowest BCUT2D eigenvalue weighted by Gasteiger charge is -2.29. The van der Waals surface area contributed by atoms with Gasteiger partial charge in [-0.3, -0.25) is 0 Å². The van der Waals surface area contributed by atoms with Crippen molar-refractivity contribution >= 4 is 0 Å². The van der Waals surface area contributed by atoms with E-state index in [-0.39, 0.29) is 5.41 Å². The zero-order valence-electron chi connectivity index (χ0n) is 10.8. The van der Waals surface area contributed by atoms with Crippen molar-refractivity contribution in [1.29, 1.82) is 5.26 Å². The van der Waals surface area contributed by atoms with Crippen LogP contribution in [0.15, 0.2) is 24.3 Å². The molecule has 0 bridgehead atoms. The third-order valence-corrected chi connectivity index (χ3v) is 2.82. The maximum absolute atomic E-state index is 10.2. The van der Waals surface area contributed by atoms with Gasteiger partial charge in [-0.2, -0.15) is 5.26 Å². The Morgan fingerprint density at radius 3 is 2.12 bits per heavy atom. The Morgan fingerprint density at radius 2 is 1.76 bits per heavy atom. The fraction of sp³-hybridized carbons (Fsp3) is 0.500. The summed E-state index contributed by atoms with van der Waals surface area (Å²) in [5, 5.41) is 19.4. The molecule has 0 spiro atoms. The molecule has 0 aliphatic carbocycles. The van der Waals surface area contributed by atoms with Gasteiger partial charge >= 0.3 is 0 Å². The first-order chi connectivity index (χ1) is 7.90. The third-order valence-electron chi connectivity index (χ3n) is 2.82. The normalized spacial score (nSPS) is 14.8. The second kappa shape index (κ2) is 5.20. The number of nitrogens with zero attached hydrogens (tertiary/aromatic N) is 1. The van der Waals surface area contributed by atoms with Gasteiger partial charge in [0.2, 0.25) is 0 Å². The fourth-order valence-electron chi connectivity index (χ4n) is 1.64. The molecule has 2 unspecified atom stereocenters. The minimum atomic E-state index is -0.694. The summed E-state index contributed by atoms with van der Waals surface area (Å²) in [6.45, 7) is 5.77. The highest BCUT2D eigenvalue weighted by molar-refractivity contribution is 5.33. The van der Waals surface area contributed by atoms with Gasteiger partial charge in [0.15, 0.2) is 0 Å². The van der Waals surface area contributed by atoms with Gasteiger partial charge in [0, 0.05) is 0 Å². The number of ether oxygens (including phenoxy) is 1. The molecular formula is C14H19NO2. The molecule has 3 heteroatoms. The summed E-state index contributed by atoms with van der Waals surface area (Å²) in [7, 11) is 1.60. The first kappa shape index (κ1) is 13.5. The lowest BCUT2D eigenvalue weighted by molar-refractivity contribution is 0.0527. The Bertz CT molecular complexity index is 398. The Morgan fingerprint density at radius 1 is 1.24 bits per heavy atom. The topological polar surface area (TPSA) is 53.2 Å². The van der Waals surface area contributed by atoms with Crippen LogP contribution >= 0.6 is 0 Å². The lowest BCUT2D eigenvalue weighted by Crippen LogP contribution is -2.31.